The number of rotatable bonds is 9. The van der Waals surface area contributed by atoms with Gasteiger partial charge in [0, 0.05) is 6.54 Å². The average molecular weight is 263 g/mol. The molecule has 0 aliphatic heterocycles. The number of hydrogen-bond acceptors (Lipinski definition) is 3. The zero-order chi connectivity index (χ0) is 14.1. The highest BCUT2D eigenvalue weighted by atomic mass is 16.5. The van der Waals surface area contributed by atoms with Crippen LogP contribution in [-0.2, 0) is 11.2 Å². The van der Waals surface area contributed by atoms with E-state index >= 15 is 0 Å². The van der Waals surface area contributed by atoms with Crippen LogP contribution in [0, 0.1) is 6.92 Å². The van der Waals surface area contributed by atoms with Crippen molar-refractivity contribution in [3.63, 3.8) is 0 Å². The van der Waals surface area contributed by atoms with Crippen molar-refractivity contribution >= 4 is 0 Å². The molecule has 1 aromatic carbocycles. The molecule has 0 unspecified atom stereocenters. The van der Waals surface area contributed by atoms with Gasteiger partial charge in [-0.05, 0) is 39.1 Å². The van der Waals surface area contributed by atoms with Crippen LogP contribution in [0.25, 0.3) is 0 Å². The van der Waals surface area contributed by atoms with Crippen molar-refractivity contribution in [2.75, 3.05) is 40.5 Å². The fourth-order valence-corrected chi connectivity index (χ4v) is 1.72. The van der Waals surface area contributed by atoms with Gasteiger partial charge < -0.3 is 14.4 Å². The summed E-state index contributed by atoms with van der Waals surface area (Å²) in [4.78, 5) is 2.10. The first-order valence-electron chi connectivity index (χ1n) is 6.69. The van der Waals surface area contributed by atoms with Crippen LogP contribution in [0.1, 0.15) is 11.1 Å². The molecule has 1 rings (SSSR count). The van der Waals surface area contributed by atoms with Crippen LogP contribution in [0.15, 0.2) is 30.9 Å². The van der Waals surface area contributed by atoms with Gasteiger partial charge >= 0.3 is 0 Å². The molecule has 0 saturated carbocycles. The third kappa shape index (κ3) is 6.41. The Hall–Kier alpha value is -1.32. The number of aryl methyl sites for hydroxylation is 1. The monoisotopic (exact) mass is 263 g/mol. The Morgan fingerprint density at radius 1 is 1.21 bits per heavy atom. The van der Waals surface area contributed by atoms with Crippen molar-refractivity contribution in [3.05, 3.63) is 42.0 Å². The lowest BCUT2D eigenvalue weighted by Gasteiger charge is -2.13. The molecule has 1 aromatic rings. The van der Waals surface area contributed by atoms with Gasteiger partial charge in [-0.25, -0.2) is 0 Å². The Balaban J connectivity index is 2.34. The zero-order valence-corrected chi connectivity index (χ0v) is 12.3. The zero-order valence-electron chi connectivity index (χ0n) is 12.3. The Kier molecular flexibility index (Phi) is 7.23. The van der Waals surface area contributed by atoms with Gasteiger partial charge in [-0.3, -0.25) is 0 Å². The Labute approximate surface area is 116 Å². The van der Waals surface area contributed by atoms with Crippen LogP contribution >= 0.6 is 0 Å². The molecule has 0 saturated heterocycles. The summed E-state index contributed by atoms with van der Waals surface area (Å²) < 4.78 is 11.3. The molecule has 106 valence electrons. The number of hydrogen-bond donors (Lipinski definition) is 0. The lowest BCUT2D eigenvalue weighted by atomic mass is 10.1. The molecule has 3 nitrogen and oxygen atoms in total. The highest BCUT2D eigenvalue weighted by molar-refractivity contribution is 5.38. The van der Waals surface area contributed by atoms with Gasteiger partial charge in [0.25, 0.3) is 0 Å². The van der Waals surface area contributed by atoms with Crippen molar-refractivity contribution in [3.8, 4) is 5.75 Å². The van der Waals surface area contributed by atoms with E-state index in [2.05, 4.69) is 30.5 Å². The fourth-order valence-electron chi connectivity index (χ4n) is 1.72. The molecule has 0 heterocycles. The smallest absolute Gasteiger partial charge is 0.122 e. The van der Waals surface area contributed by atoms with Crippen LogP contribution in [0.3, 0.4) is 0 Å². The minimum atomic E-state index is 0.584. The highest BCUT2D eigenvalue weighted by Crippen LogP contribution is 2.20. The normalized spacial score (nSPS) is 10.7. The van der Waals surface area contributed by atoms with Crippen LogP contribution in [0.4, 0.5) is 0 Å². The van der Waals surface area contributed by atoms with E-state index in [-0.39, 0.29) is 0 Å². The molecule has 0 bridgehead atoms. The van der Waals surface area contributed by atoms with E-state index in [9.17, 15) is 0 Å². The van der Waals surface area contributed by atoms with Crippen molar-refractivity contribution in [2.24, 2.45) is 0 Å². The van der Waals surface area contributed by atoms with Gasteiger partial charge in [0.1, 0.15) is 12.4 Å². The summed E-state index contributed by atoms with van der Waals surface area (Å²) in [6.07, 6.45) is 2.73. The lowest BCUT2D eigenvalue weighted by Crippen LogP contribution is -2.19. The molecule has 0 fully saturated rings. The number of ether oxygens (including phenoxy) is 2. The first-order chi connectivity index (χ1) is 9.13. The van der Waals surface area contributed by atoms with Crippen LogP contribution in [0.2, 0.25) is 0 Å². The van der Waals surface area contributed by atoms with Gasteiger partial charge in [-0.15, -0.1) is 6.58 Å². The third-order valence-electron chi connectivity index (χ3n) is 2.75. The van der Waals surface area contributed by atoms with E-state index in [4.69, 9.17) is 9.47 Å². The van der Waals surface area contributed by atoms with Crippen molar-refractivity contribution in [1.82, 2.24) is 4.90 Å². The first-order valence-corrected chi connectivity index (χ1v) is 6.69. The fraction of sp³-hybridized carbons (Fsp3) is 0.500. The predicted molar refractivity (Wildman–Crippen MR) is 79.9 cm³/mol. The molecule has 0 atom stereocenters. The van der Waals surface area contributed by atoms with Crippen LogP contribution in [-0.4, -0.2) is 45.4 Å². The number of benzene rings is 1. The van der Waals surface area contributed by atoms with E-state index in [1.165, 1.54) is 11.1 Å². The van der Waals surface area contributed by atoms with Gasteiger partial charge in [-0.2, -0.15) is 0 Å². The third-order valence-corrected chi connectivity index (χ3v) is 2.75. The topological polar surface area (TPSA) is 21.7 Å². The summed E-state index contributed by atoms with van der Waals surface area (Å²) in [6.45, 7) is 8.74. The standard InChI is InChI=1S/C16H25NO2/c1-5-6-15-13-14(2)7-8-16(15)19-12-11-18-10-9-17(3)4/h5,7-8,13H,1,6,9-12H2,2-4H3. The lowest BCUT2D eigenvalue weighted by molar-refractivity contribution is 0.0887. The summed E-state index contributed by atoms with van der Waals surface area (Å²) >= 11 is 0. The molecule has 0 N–H and O–H groups in total. The molecular formula is C16H25NO2. The Morgan fingerprint density at radius 2 is 2.00 bits per heavy atom. The quantitative estimate of drug-likeness (QED) is 0.505. The van der Waals surface area contributed by atoms with E-state index < -0.39 is 0 Å². The molecule has 0 spiro atoms. The van der Waals surface area contributed by atoms with Gasteiger partial charge in [-0.1, -0.05) is 23.8 Å². The second-order valence-electron chi connectivity index (χ2n) is 4.87. The molecule has 19 heavy (non-hydrogen) atoms. The number of likely N-dealkylation sites (N-methyl/N-ethyl adjacent to an activating group) is 1. The van der Waals surface area contributed by atoms with Crippen molar-refractivity contribution in [1.29, 1.82) is 0 Å². The number of nitrogens with zero attached hydrogens (tertiary/aromatic N) is 1. The van der Waals surface area contributed by atoms with E-state index in [0.29, 0.717) is 13.2 Å². The summed E-state index contributed by atoms with van der Waals surface area (Å²) in [7, 11) is 4.07. The molecule has 0 radical (unpaired) electrons. The van der Waals surface area contributed by atoms with Gasteiger partial charge in [0.05, 0.1) is 13.2 Å². The van der Waals surface area contributed by atoms with Crippen molar-refractivity contribution < 1.29 is 9.47 Å². The average Bonchev–Trinajstić information content (AvgIpc) is 2.36. The van der Waals surface area contributed by atoms with Gasteiger partial charge in [0.15, 0.2) is 0 Å². The molecular weight excluding hydrogens is 238 g/mol. The minimum absolute atomic E-state index is 0.584. The Morgan fingerprint density at radius 3 is 2.68 bits per heavy atom. The van der Waals surface area contributed by atoms with Gasteiger partial charge in [0.2, 0.25) is 0 Å². The SMILES string of the molecule is C=CCc1cc(C)ccc1OCCOCCN(C)C. The van der Waals surface area contributed by atoms with E-state index in [1.54, 1.807) is 0 Å². The second kappa shape index (κ2) is 8.73. The number of allylic oxidation sites excluding steroid dienone is 1. The summed E-state index contributed by atoms with van der Waals surface area (Å²) in [5.41, 5.74) is 2.43. The van der Waals surface area contributed by atoms with Crippen LogP contribution in [0.5, 0.6) is 5.75 Å². The highest BCUT2D eigenvalue weighted by Gasteiger charge is 2.02. The molecule has 0 aliphatic rings. The molecule has 0 aromatic heterocycles. The van der Waals surface area contributed by atoms with Crippen LogP contribution < -0.4 is 4.74 Å². The maximum atomic E-state index is 5.77. The molecule has 0 amide bonds. The predicted octanol–water partition coefficient (Wildman–Crippen LogP) is 2.68. The van der Waals surface area contributed by atoms with E-state index in [0.717, 1.165) is 25.3 Å². The summed E-state index contributed by atoms with van der Waals surface area (Å²) in [6, 6.07) is 6.23. The second-order valence-corrected chi connectivity index (χ2v) is 4.87. The molecule has 0 aliphatic carbocycles. The van der Waals surface area contributed by atoms with Crippen molar-refractivity contribution in [2.45, 2.75) is 13.3 Å². The largest absolute Gasteiger partial charge is 0.491 e. The maximum Gasteiger partial charge on any atom is 0.122 e. The minimum Gasteiger partial charge on any atom is -0.491 e. The Bertz CT molecular complexity index is 388. The molecule has 3 heteroatoms. The van der Waals surface area contributed by atoms with E-state index in [1.807, 2.05) is 26.2 Å². The first kappa shape index (κ1) is 15.7. The summed E-state index contributed by atoms with van der Waals surface area (Å²) in [5.74, 6) is 0.932. The summed E-state index contributed by atoms with van der Waals surface area (Å²) in [5, 5.41) is 0. The maximum absolute atomic E-state index is 5.77.